The van der Waals surface area contributed by atoms with Crippen molar-refractivity contribution >= 4 is 9.84 Å². The van der Waals surface area contributed by atoms with Crippen LogP contribution >= 0.6 is 0 Å². The van der Waals surface area contributed by atoms with Gasteiger partial charge in [0.15, 0.2) is 9.84 Å². The van der Waals surface area contributed by atoms with E-state index in [1.165, 1.54) is 25.9 Å². The molecule has 0 bridgehead atoms. The zero-order chi connectivity index (χ0) is 17.2. The average Bonchev–Trinajstić information content (AvgIpc) is 2.51. The standard InChI is InChI=1S/C20H31NO2S/c1-17-8-14-21(15-9-17)13-5-12-20(10-4-11-20)24(22,23)19-7-3-6-18(2)16-19/h3,6-7,16-17H,4-5,8-15H2,1-2H3. The van der Waals surface area contributed by atoms with Gasteiger partial charge in [0.05, 0.1) is 9.64 Å². The van der Waals surface area contributed by atoms with Gasteiger partial charge < -0.3 is 4.90 Å². The molecule has 0 unspecified atom stereocenters. The largest absolute Gasteiger partial charge is 0.303 e. The molecule has 134 valence electrons. The van der Waals surface area contributed by atoms with Gasteiger partial charge in [0.25, 0.3) is 0 Å². The molecular formula is C20H31NO2S. The van der Waals surface area contributed by atoms with Crippen LogP contribution in [0, 0.1) is 12.8 Å². The molecule has 0 amide bonds. The maximum absolute atomic E-state index is 13.2. The molecule has 1 aromatic carbocycles. The van der Waals surface area contributed by atoms with Gasteiger partial charge in [-0.25, -0.2) is 8.42 Å². The Morgan fingerprint density at radius 1 is 1.21 bits per heavy atom. The number of nitrogens with zero attached hydrogens (tertiary/aromatic N) is 1. The van der Waals surface area contributed by atoms with Gasteiger partial charge in [0.1, 0.15) is 0 Å². The minimum Gasteiger partial charge on any atom is -0.303 e. The SMILES string of the molecule is Cc1cccc(S(=O)(=O)C2(CCCN3CCC(C)CC3)CCC2)c1. The number of hydrogen-bond donors (Lipinski definition) is 0. The summed E-state index contributed by atoms with van der Waals surface area (Å²) in [6.07, 6.45) is 7.10. The van der Waals surface area contributed by atoms with Gasteiger partial charge in [0, 0.05) is 0 Å². The summed E-state index contributed by atoms with van der Waals surface area (Å²) < 4.78 is 25.9. The zero-order valence-electron chi connectivity index (χ0n) is 15.1. The van der Waals surface area contributed by atoms with Gasteiger partial charge >= 0.3 is 0 Å². The molecule has 2 fully saturated rings. The molecule has 1 saturated heterocycles. The molecule has 4 heteroatoms. The molecule has 2 aliphatic rings. The second kappa shape index (κ2) is 7.17. The van der Waals surface area contributed by atoms with Gasteiger partial charge in [0.2, 0.25) is 0 Å². The highest BCUT2D eigenvalue weighted by atomic mass is 32.2. The van der Waals surface area contributed by atoms with Crippen molar-refractivity contribution in [1.29, 1.82) is 0 Å². The molecule has 1 heterocycles. The van der Waals surface area contributed by atoms with E-state index in [0.29, 0.717) is 4.90 Å². The minimum absolute atomic E-state index is 0.496. The number of likely N-dealkylation sites (tertiary alicyclic amines) is 1. The van der Waals surface area contributed by atoms with E-state index in [1.54, 1.807) is 6.07 Å². The molecule has 0 atom stereocenters. The highest BCUT2D eigenvalue weighted by Gasteiger charge is 2.48. The van der Waals surface area contributed by atoms with E-state index in [1.807, 2.05) is 25.1 Å². The predicted molar refractivity (Wildman–Crippen MR) is 99.0 cm³/mol. The van der Waals surface area contributed by atoms with Crippen LogP contribution in [0.1, 0.15) is 57.4 Å². The van der Waals surface area contributed by atoms with Gasteiger partial charge in [-0.3, -0.25) is 0 Å². The van der Waals surface area contributed by atoms with Crippen molar-refractivity contribution in [2.75, 3.05) is 19.6 Å². The highest BCUT2D eigenvalue weighted by Crippen LogP contribution is 2.46. The Bertz CT molecular complexity index is 656. The Morgan fingerprint density at radius 3 is 2.50 bits per heavy atom. The summed E-state index contributed by atoms with van der Waals surface area (Å²) in [5.74, 6) is 0.848. The maximum Gasteiger partial charge on any atom is 0.184 e. The number of hydrogen-bond acceptors (Lipinski definition) is 3. The van der Waals surface area contributed by atoms with Gasteiger partial charge in [-0.15, -0.1) is 0 Å². The highest BCUT2D eigenvalue weighted by molar-refractivity contribution is 7.93. The number of benzene rings is 1. The lowest BCUT2D eigenvalue weighted by Gasteiger charge is -2.42. The van der Waals surface area contributed by atoms with Gasteiger partial charge in [-0.2, -0.15) is 0 Å². The molecule has 1 saturated carbocycles. The first kappa shape index (κ1) is 17.9. The summed E-state index contributed by atoms with van der Waals surface area (Å²) in [6, 6.07) is 7.43. The fourth-order valence-electron chi connectivity index (χ4n) is 4.17. The molecule has 1 aliphatic carbocycles. The second-order valence-electron chi connectivity index (χ2n) is 7.98. The van der Waals surface area contributed by atoms with Crippen LogP contribution in [0.4, 0.5) is 0 Å². The lowest BCUT2D eigenvalue weighted by molar-refractivity contribution is 0.182. The lowest BCUT2D eigenvalue weighted by Crippen LogP contribution is -2.46. The van der Waals surface area contributed by atoms with Crippen molar-refractivity contribution in [1.82, 2.24) is 4.90 Å². The van der Waals surface area contributed by atoms with Crippen LogP contribution in [0.3, 0.4) is 0 Å². The van der Waals surface area contributed by atoms with E-state index in [2.05, 4.69) is 11.8 Å². The smallest absolute Gasteiger partial charge is 0.184 e. The maximum atomic E-state index is 13.2. The Hall–Kier alpha value is -0.870. The lowest BCUT2D eigenvalue weighted by atomic mass is 9.81. The van der Waals surface area contributed by atoms with Crippen molar-refractivity contribution < 1.29 is 8.42 Å². The molecule has 24 heavy (non-hydrogen) atoms. The van der Waals surface area contributed by atoms with Crippen LogP contribution in [-0.2, 0) is 9.84 Å². The third kappa shape index (κ3) is 3.55. The summed E-state index contributed by atoms with van der Waals surface area (Å²) in [5.41, 5.74) is 1.02. The molecular weight excluding hydrogens is 318 g/mol. The molecule has 0 N–H and O–H groups in total. The Balaban J connectivity index is 1.64. The third-order valence-corrected chi connectivity index (χ3v) is 8.74. The number of sulfone groups is 1. The third-order valence-electron chi connectivity index (χ3n) is 6.12. The Kier molecular flexibility index (Phi) is 5.36. The minimum atomic E-state index is -3.22. The normalized spacial score (nSPS) is 22.2. The quantitative estimate of drug-likeness (QED) is 0.772. The second-order valence-corrected chi connectivity index (χ2v) is 10.3. The van der Waals surface area contributed by atoms with Crippen molar-refractivity contribution in [2.45, 2.75) is 68.4 Å². The van der Waals surface area contributed by atoms with Crippen LogP contribution in [0.25, 0.3) is 0 Å². The van der Waals surface area contributed by atoms with E-state index in [0.717, 1.165) is 50.1 Å². The summed E-state index contributed by atoms with van der Waals surface area (Å²) in [5, 5.41) is 0. The molecule has 3 rings (SSSR count). The van der Waals surface area contributed by atoms with E-state index >= 15 is 0 Å². The zero-order valence-corrected chi connectivity index (χ0v) is 15.9. The fraction of sp³-hybridized carbons (Fsp3) is 0.700. The monoisotopic (exact) mass is 349 g/mol. The first-order valence-electron chi connectivity index (χ1n) is 9.47. The topological polar surface area (TPSA) is 37.4 Å². The summed E-state index contributed by atoms with van der Waals surface area (Å²) in [6.45, 7) is 7.70. The fourth-order valence-corrected chi connectivity index (χ4v) is 6.51. The number of aryl methyl sites for hydroxylation is 1. The molecule has 3 nitrogen and oxygen atoms in total. The molecule has 1 aromatic rings. The van der Waals surface area contributed by atoms with Crippen molar-refractivity contribution in [3.8, 4) is 0 Å². The van der Waals surface area contributed by atoms with Crippen LogP contribution in [-0.4, -0.2) is 37.7 Å². The van der Waals surface area contributed by atoms with Crippen molar-refractivity contribution in [3.63, 3.8) is 0 Å². The first-order chi connectivity index (χ1) is 11.4. The van der Waals surface area contributed by atoms with E-state index in [4.69, 9.17) is 0 Å². The van der Waals surface area contributed by atoms with E-state index in [9.17, 15) is 8.42 Å². The van der Waals surface area contributed by atoms with Crippen molar-refractivity contribution in [2.24, 2.45) is 5.92 Å². The summed E-state index contributed by atoms with van der Waals surface area (Å²) in [7, 11) is -3.22. The van der Waals surface area contributed by atoms with E-state index in [-0.39, 0.29) is 0 Å². The molecule has 0 spiro atoms. The molecule has 0 aromatic heterocycles. The van der Waals surface area contributed by atoms with E-state index < -0.39 is 14.6 Å². The molecule has 1 aliphatic heterocycles. The van der Waals surface area contributed by atoms with Gasteiger partial charge in [-0.1, -0.05) is 25.5 Å². The number of piperidine rings is 1. The molecule has 0 radical (unpaired) electrons. The Labute approximate surface area is 147 Å². The van der Waals surface area contributed by atoms with Crippen LogP contribution < -0.4 is 0 Å². The predicted octanol–water partition coefficient (Wildman–Crippen LogP) is 4.20. The Morgan fingerprint density at radius 2 is 1.92 bits per heavy atom. The summed E-state index contributed by atoms with van der Waals surface area (Å²) in [4.78, 5) is 3.04. The van der Waals surface area contributed by atoms with Crippen LogP contribution in [0.5, 0.6) is 0 Å². The number of rotatable bonds is 6. The summed E-state index contributed by atoms with van der Waals surface area (Å²) >= 11 is 0. The van der Waals surface area contributed by atoms with Crippen molar-refractivity contribution in [3.05, 3.63) is 29.8 Å². The van der Waals surface area contributed by atoms with Crippen LogP contribution in [0.2, 0.25) is 0 Å². The van der Waals surface area contributed by atoms with Crippen LogP contribution in [0.15, 0.2) is 29.2 Å². The first-order valence-corrected chi connectivity index (χ1v) is 10.9. The average molecular weight is 350 g/mol. The van der Waals surface area contributed by atoms with Gasteiger partial charge in [-0.05, 0) is 88.7 Å².